The molecule has 2 aliphatic rings. The Labute approximate surface area is 65.2 Å². The molecule has 3 nitrogen and oxygen atoms in total. The number of rotatable bonds is 0. The van der Waals surface area contributed by atoms with Gasteiger partial charge in [-0.1, -0.05) is 6.08 Å². The zero-order valence-corrected chi connectivity index (χ0v) is 6.21. The van der Waals surface area contributed by atoms with Crippen LogP contribution in [0.2, 0.25) is 0 Å². The first kappa shape index (κ1) is 6.58. The summed E-state index contributed by atoms with van der Waals surface area (Å²) in [5, 5.41) is 3.08. The standard InChI is InChI=1S/C8H10N2O/c11-7-8(3-1-5-9-7)4-2-6-10-8/h2,5-6,10H,1,3-4H2. The van der Waals surface area contributed by atoms with Gasteiger partial charge in [-0.15, -0.1) is 0 Å². The second-order valence-electron chi connectivity index (χ2n) is 2.99. The van der Waals surface area contributed by atoms with Crippen LogP contribution in [0.4, 0.5) is 0 Å². The molecule has 0 aliphatic carbocycles. The molecule has 1 unspecified atom stereocenters. The summed E-state index contributed by atoms with van der Waals surface area (Å²) in [5.74, 6) is -0.0197. The third kappa shape index (κ3) is 0.878. The summed E-state index contributed by atoms with van der Waals surface area (Å²) in [7, 11) is 0. The fourth-order valence-electron chi connectivity index (χ4n) is 1.55. The summed E-state index contributed by atoms with van der Waals surface area (Å²) in [4.78, 5) is 15.1. The maximum absolute atomic E-state index is 11.3. The van der Waals surface area contributed by atoms with E-state index in [1.54, 1.807) is 6.21 Å². The monoisotopic (exact) mass is 150 g/mol. The van der Waals surface area contributed by atoms with Gasteiger partial charge in [-0.05, 0) is 25.5 Å². The fraction of sp³-hybridized carbons (Fsp3) is 0.500. The van der Waals surface area contributed by atoms with Crippen LogP contribution in [0.1, 0.15) is 19.3 Å². The van der Waals surface area contributed by atoms with Crippen molar-refractivity contribution in [2.24, 2.45) is 4.99 Å². The Balaban J connectivity index is 2.25. The molecule has 11 heavy (non-hydrogen) atoms. The minimum absolute atomic E-state index is 0.0197. The number of carbonyl (C=O) groups excluding carboxylic acids is 1. The van der Waals surface area contributed by atoms with Crippen molar-refractivity contribution in [3.05, 3.63) is 12.3 Å². The molecule has 1 spiro atoms. The van der Waals surface area contributed by atoms with Gasteiger partial charge in [0.1, 0.15) is 5.54 Å². The second kappa shape index (κ2) is 2.19. The predicted octanol–water partition coefficient (Wildman–Crippen LogP) is 0.623. The van der Waals surface area contributed by atoms with E-state index >= 15 is 0 Å². The Morgan fingerprint density at radius 3 is 3.18 bits per heavy atom. The van der Waals surface area contributed by atoms with Gasteiger partial charge in [0.25, 0.3) is 5.91 Å². The van der Waals surface area contributed by atoms with E-state index in [-0.39, 0.29) is 11.4 Å². The first-order chi connectivity index (χ1) is 5.33. The fourth-order valence-corrected chi connectivity index (χ4v) is 1.55. The lowest BCUT2D eigenvalue weighted by Crippen LogP contribution is -2.47. The molecule has 58 valence electrons. The summed E-state index contributed by atoms with van der Waals surface area (Å²) in [6, 6.07) is 0. The van der Waals surface area contributed by atoms with E-state index in [2.05, 4.69) is 10.3 Å². The molecule has 0 saturated heterocycles. The Kier molecular flexibility index (Phi) is 1.31. The topological polar surface area (TPSA) is 41.5 Å². The molecule has 0 fully saturated rings. The smallest absolute Gasteiger partial charge is 0.271 e. The molecule has 0 aromatic rings. The lowest BCUT2D eigenvalue weighted by Gasteiger charge is -2.27. The summed E-state index contributed by atoms with van der Waals surface area (Å²) in [5.41, 5.74) is -0.366. The number of carbonyl (C=O) groups is 1. The van der Waals surface area contributed by atoms with Crippen molar-refractivity contribution in [3.63, 3.8) is 0 Å². The number of nitrogens with one attached hydrogen (secondary N) is 1. The maximum atomic E-state index is 11.3. The van der Waals surface area contributed by atoms with E-state index < -0.39 is 0 Å². The lowest BCUT2D eigenvalue weighted by atomic mass is 9.89. The third-order valence-electron chi connectivity index (χ3n) is 2.26. The van der Waals surface area contributed by atoms with Crippen molar-refractivity contribution in [2.45, 2.75) is 24.8 Å². The zero-order valence-electron chi connectivity index (χ0n) is 6.21. The predicted molar refractivity (Wildman–Crippen MR) is 42.4 cm³/mol. The summed E-state index contributed by atoms with van der Waals surface area (Å²) in [6.07, 6.45) is 8.11. The highest BCUT2D eigenvalue weighted by Crippen LogP contribution is 2.26. The summed E-state index contributed by atoms with van der Waals surface area (Å²) >= 11 is 0. The van der Waals surface area contributed by atoms with Gasteiger partial charge >= 0.3 is 0 Å². The Morgan fingerprint density at radius 1 is 1.64 bits per heavy atom. The SMILES string of the molecule is O=C1N=CCCC12CC=CN2. The summed E-state index contributed by atoms with van der Waals surface area (Å²) in [6.45, 7) is 0. The largest absolute Gasteiger partial charge is 0.377 e. The molecule has 0 radical (unpaired) electrons. The number of aliphatic imine (C=N–C) groups is 1. The van der Waals surface area contributed by atoms with Gasteiger partial charge in [-0.2, -0.15) is 0 Å². The van der Waals surface area contributed by atoms with Crippen LogP contribution in [0, 0.1) is 0 Å². The van der Waals surface area contributed by atoms with Crippen LogP contribution in [0.5, 0.6) is 0 Å². The number of hydrogen-bond donors (Lipinski definition) is 1. The van der Waals surface area contributed by atoms with Crippen LogP contribution in [0.3, 0.4) is 0 Å². The van der Waals surface area contributed by atoms with E-state index in [9.17, 15) is 4.79 Å². The van der Waals surface area contributed by atoms with Gasteiger partial charge in [0, 0.05) is 6.21 Å². The van der Waals surface area contributed by atoms with Crippen LogP contribution in [-0.4, -0.2) is 17.7 Å². The second-order valence-corrected chi connectivity index (χ2v) is 2.99. The number of nitrogens with zero attached hydrogens (tertiary/aromatic N) is 1. The lowest BCUT2D eigenvalue weighted by molar-refractivity contribution is -0.124. The van der Waals surface area contributed by atoms with E-state index in [1.165, 1.54) is 0 Å². The van der Waals surface area contributed by atoms with Crippen LogP contribution < -0.4 is 5.32 Å². The molecule has 1 N–H and O–H groups in total. The molecule has 2 rings (SSSR count). The molecule has 0 saturated carbocycles. The van der Waals surface area contributed by atoms with Crippen LogP contribution in [0.15, 0.2) is 17.3 Å². The number of hydrogen-bond acceptors (Lipinski definition) is 2. The molecule has 3 heteroatoms. The quantitative estimate of drug-likeness (QED) is 0.550. The van der Waals surface area contributed by atoms with E-state index in [1.807, 2.05) is 12.3 Å². The molecule has 2 aliphatic heterocycles. The average molecular weight is 150 g/mol. The van der Waals surface area contributed by atoms with Crippen molar-refractivity contribution in [1.82, 2.24) is 5.32 Å². The van der Waals surface area contributed by atoms with Crippen molar-refractivity contribution in [2.75, 3.05) is 0 Å². The highest BCUT2D eigenvalue weighted by atomic mass is 16.2. The van der Waals surface area contributed by atoms with Crippen molar-refractivity contribution in [1.29, 1.82) is 0 Å². The van der Waals surface area contributed by atoms with Gasteiger partial charge in [0.05, 0.1) is 0 Å². The van der Waals surface area contributed by atoms with E-state index in [0.717, 1.165) is 19.3 Å². The molecular formula is C8H10N2O. The molecule has 0 aromatic carbocycles. The minimum Gasteiger partial charge on any atom is -0.377 e. The maximum Gasteiger partial charge on any atom is 0.271 e. The first-order valence-corrected chi connectivity index (χ1v) is 3.83. The number of amides is 1. The van der Waals surface area contributed by atoms with E-state index in [4.69, 9.17) is 0 Å². The highest BCUT2D eigenvalue weighted by Gasteiger charge is 2.39. The van der Waals surface area contributed by atoms with Crippen molar-refractivity contribution >= 4 is 12.1 Å². The normalized spacial score (nSPS) is 34.7. The van der Waals surface area contributed by atoms with Crippen LogP contribution in [0.25, 0.3) is 0 Å². The third-order valence-corrected chi connectivity index (χ3v) is 2.26. The summed E-state index contributed by atoms with van der Waals surface area (Å²) < 4.78 is 0. The average Bonchev–Trinajstić information content (AvgIpc) is 2.46. The van der Waals surface area contributed by atoms with Crippen LogP contribution in [-0.2, 0) is 4.79 Å². The van der Waals surface area contributed by atoms with Gasteiger partial charge in [0.15, 0.2) is 0 Å². The van der Waals surface area contributed by atoms with Crippen molar-refractivity contribution < 1.29 is 4.79 Å². The van der Waals surface area contributed by atoms with Gasteiger partial charge in [-0.25, -0.2) is 4.99 Å². The molecule has 2 heterocycles. The van der Waals surface area contributed by atoms with Crippen LogP contribution >= 0.6 is 0 Å². The van der Waals surface area contributed by atoms with Gasteiger partial charge < -0.3 is 5.32 Å². The van der Waals surface area contributed by atoms with Gasteiger partial charge in [-0.3, -0.25) is 4.79 Å². The van der Waals surface area contributed by atoms with E-state index in [0.29, 0.717) is 0 Å². The van der Waals surface area contributed by atoms with Crippen molar-refractivity contribution in [3.8, 4) is 0 Å². The zero-order chi connectivity index (χ0) is 7.73. The molecule has 0 aromatic heterocycles. The molecule has 1 atom stereocenters. The Hall–Kier alpha value is -1.12. The van der Waals surface area contributed by atoms with Gasteiger partial charge in [0.2, 0.25) is 0 Å². The molecular weight excluding hydrogens is 140 g/mol. The Bertz CT molecular complexity index is 234. The first-order valence-electron chi connectivity index (χ1n) is 3.83. The minimum atomic E-state index is -0.366. The molecule has 0 bridgehead atoms. The highest BCUT2D eigenvalue weighted by molar-refractivity contribution is 5.95. The molecule has 1 amide bonds. The Morgan fingerprint density at radius 2 is 2.55 bits per heavy atom.